The summed E-state index contributed by atoms with van der Waals surface area (Å²) in [7, 11) is 0. The minimum Gasteiger partial charge on any atom is -0.356 e. The van der Waals surface area contributed by atoms with E-state index >= 15 is 0 Å². The molecule has 0 aliphatic carbocycles. The zero-order valence-electron chi connectivity index (χ0n) is 22.0. The topological polar surface area (TPSA) is 91.5 Å². The number of hydrogen-bond donors (Lipinski definition) is 1. The second-order valence-corrected chi connectivity index (χ2v) is 11.2. The highest BCUT2D eigenvalue weighted by atomic mass is 35.5. The van der Waals surface area contributed by atoms with Crippen LogP contribution < -0.4 is 9.62 Å². The molecule has 0 saturated carbocycles. The van der Waals surface area contributed by atoms with Gasteiger partial charge >= 0.3 is 0 Å². The van der Waals surface area contributed by atoms with E-state index in [1.807, 2.05) is 40.1 Å². The number of rotatable bonds is 6. The Kier molecular flexibility index (Phi) is 7.31. The van der Waals surface area contributed by atoms with Gasteiger partial charge in [-0.1, -0.05) is 23.5 Å². The van der Waals surface area contributed by atoms with Crippen molar-refractivity contribution in [2.75, 3.05) is 35.5 Å². The van der Waals surface area contributed by atoms with Gasteiger partial charge in [0.1, 0.15) is 11.6 Å². The van der Waals surface area contributed by atoms with Crippen LogP contribution >= 0.6 is 23.5 Å². The number of anilines is 2. The van der Waals surface area contributed by atoms with Gasteiger partial charge in [0, 0.05) is 67.1 Å². The van der Waals surface area contributed by atoms with Crippen molar-refractivity contribution in [2.45, 2.75) is 44.6 Å². The summed E-state index contributed by atoms with van der Waals surface area (Å²) in [6, 6.07) is 9.17. The van der Waals surface area contributed by atoms with Gasteiger partial charge in [-0.05, 0) is 56.9 Å². The van der Waals surface area contributed by atoms with Crippen LogP contribution in [-0.4, -0.2) is 61.3 Å². The van der Waals surface area contributed by atoms with Gasteiger partial charge in [-0.3, -0.25) is 4.79 Å². The summed E-state index contributed by atoms with van der Waals surface area (Å²) in [5, 5.41) is 5.45. The summed E-state index contributed by atoms with van der Waals surface area (Å²) < 4.78 is 5.07. The van der Waals surface area contributed by atoms with Gasteiger partial charge in [0.05, 0.1) is 23.0 Å². The SMILES string of the molecule is CSNc1ccc(Cl)cc1C(=O)N1CCCCC1c1cc2nc(N3CCC(c4ncccn4)C3)c(C)cn2n1. The van der Waals surface area contributed by atoms with Crippen molar-refractivity contribution in [1.29, 1.82) is 0 Å². The maximum Gasteiger partial charge on any atom is 0.256 e. The lowest BCUT2D eigenvalue weighted by Crippen LogP contribution is -2.39. The number of piperidine rings is 1. The van der Waals surface area contributed by atoms with Crippen molar-refractivity contribution < 1.29 is 4.79 Å². The molecule has 6 rings (SSSR count). The van der Waals surface area contributed by atoms with Gasteiger partial charge in [-0.15, -0.1) is 0 Å². The van der Waals surface area contributed by atoms with Crippen LogP contribution in [0.4, 0.5) is 11.5 Å². The molecule has 3 aromatic heterocycles. The quantitative estimate of drug-likeness (QED) is 0.307. The van der Waals surface area contributed by atoms with E-state index in [9.17, 15) is 4.79 Å². The zero-order chi connectivity index (χ0) is 26.9. The van der Waals surface area contributed by atoms with E-state index in [4.69, 9.17) is 21.7 Å². The van der Waals surface area contributed by atoms with Crippen molar-refractivity contribution >= 4 is 46.6 Å². The maximum atomic E-state index is 13.8. The third kappa shape index (κ3) is 5.15. The number of nitrogens with one attached hydrogen (secondary N) is 1. The number of nitrogens with zero attached hydrogens (tertiary/aromatic N) is 7. The molecule has 1 N–H and O–H groups in total. The molecule has 0 bridgehead atoms. The molecule has 11 heteroatoms. The Hall–Kier alpha value is -3.37. The summed E-state index contributed by atoms with van der Waals surface area (Å²) in [5.74, 6) is 2.12. The largest absolute Gasteiger partial charge is 0.356 e. The van der Waals surface area contributed by atoms with Crippen molar-refractivity contribution in [2.24, 2.45) is 0 Å². The number of aryl methyl sites for hydroxylation is 1. The van der Waals surface area contributed by atoms with Crippen LogP contribution in [0.3, 0.4) is 0 Å². The lowest BCUT2D eigenvalue weighted by molar-refractivity contribution is 0.0607. The van der Waals surface area contributed by atoms with Crippen molar-refractivity contribution in [3.8, 4) is 0 Å². The molecule has 39 heavy (non-hydrogen) atoms. The van der Waals surface area contributed by atoms with E-state index in [1.165, 1.54) is 11.9 Å². The first-order valence-corrected chi connectivity index (χ1v) is 14.9. The van der Waals surface area contributed by atoms with Crippen molar-refractivity contribution in [1.82, 2.24) is 29.5 Å². The molecule has 1 aromatic carbocycles. The molecule has 2 aliphatic rings. The summed E-state index contributed by atoms with van der Waals surface area (Å²) >= 11 is 7.75. The first-order chi connectivity index (χ1) is 19.0. The highest BCUT2D eigenvalue weighted by Crippen LogP contribution is 2.35. The normalized spacial score (nSPS) is 19.6. The number of benzene rings is 1. The van der Waals surface area contributed by atoms with Gasteiger partial charge < -0.3 is 14.5 Å². The molecule has 9 nitrogen and oxygen atoms in total. The van der Waals surface area contributed by atoms with Crippen LogP contribution in [-0.2, 0) is 0 Å². The number of carbonyl (C=O) groups excluding carboxylic acids is 1. The Bertz CT molecular complexity index is 1500. The second kappa shape index (κ2) is 11.0. The predicted molar refractivity (Wildman–Crippen MR) is 156 cm³/mol. The van der Waals surface area contributed by atoms with Crippen LogP contribution in [0, 0.1) is 6.92 Å². The number of aromatic nitrogens is 5. The fourth-order valence-corrected chi connectivity index (χ4v) is 6.29. The molecule has 0 spiro atoms. The molecule has 2 aliphatic heterocycles. The Morgan fingerprint density at radius 1 is 1.13 bits per heavy atom. The lowest BCUT2D eigenvalue weighted by Gasteiger charge is -2.35. The van der Waals surface area contributed by atoms with Crippen molar-refractivity contribution in [3.05, 3.63) is 76.6 Å². The van der Waals surface area contributed by atoms with Crippen LogP contribution in [0.25, 0.3) is 5.65 Å². The Balaban J connectivity index is 1.28. The molecule has 2 saturated heterocycles. The molecule has 2 unspecified atom stereocenters. The fraction of sp³-hybridized carbons (Fsp3) is 0.393. The average molecular weight is 563 g/mol. The van der Waals surface area contributed by atoms with Gasteiger partial charge in [0.2, 0.25) is 0 Å². The number of fused-ring (bicyclic) bond motifs is 1. The highest BCUT2D eigenvalue weighted by Gasteiger charge is 2.33. The van der Waals surface area contributed by atoms with E-state index < -0.39 is 0 Å². The van der Waals surface area contributed by atoms with E-state index in [2.05, 4.69) is 26.5 Å². The van der Waals surface area contributed by atoms with Crippen LogP contribution in [0.15, 0.2) is 48.9 Å². The molecular formula is C28H31ClN8OS. The third-order valence-electron chi connectivity index (χ3n) is 7.59. The zero-order valence-corrected chi connectivity index (χ0v) is 23.6. The van der Waals surface area contributed by atoms with Crippen LogP contribution in [0.5, 0.6) is 0 Å². The number of carbonyl (C=O) groups is 1. The summed E-state index contributed by atoms with van der Waals surface area (Å²) in [4.78, 5) is 32.0. The molecule has 5 heterocycles. The fourth-order valence-electron chi connectivity index (χ4n) is 5.72. The van der Waals surface area contributed by atoms with Crippen LogP contribution in [0.2, 0.25) is 5.02 Å². The second-order valence-electron chi connectivity index (χ2n) is 10.2. The van der Waals surface area contributed by atoms with Gasteiger partial charge in [0.25, 0.3) is 5.91 Å². The van der Waals surface area contributed by atoms with E-state index in [-0.39, 0.29) is 11.9 Å². The molecular weight excluding hydrogens is 532 g/mol. The lowest BCUT2D eigenvalue weighted by atomic mass is 9.98. The smallest absolute Gasteiger partial charge is 0.256 e. The number of hydrogen-bond acceptors (Lipinski definition) is 8. The summed E-state index contributed by atoms with van der Waals surface area (Å²) in [5.41, 5.74) is 4.06. The van der Waals surface area contributed by atoms with E-state index in [0.29, 0.717) is 23.0 Å². The summed E-state index contributed by atoms with van der Waals surface area (Å²) in [6.07, 6.45) is 11.5. The monoisotopic (exact) mass is 562 g/mol. The van der Waals surface area contributed by atoms with Gasteiger partial charge in [-0.25, -0.2) is 19.5 Å². The predicted octanol–water partition coefficient (Wildman–Crippen LogP) is 5.53. The highest BCUT2D eigenvalue weighted by molar-refractivity contribution is 7.99. The standard InChI is InChI=1S/C28H31ClN8OS/c1-18-16-37-25(32-27(18)35-13-9-19(17-35)26-30-10-5-11-31-26)15-23(33-37)24-6-3-4-12-36(24)28(38)21-14-20(29)7-8-22(21)34-39-2/h5,7-8,10-11,14-16,19,24,34H,3-4,6,9,12-13,17H2,1-2H3. The average Bonchev–Trinajstić information content (AvgIpc) is 3.61. The Labute approximate surface area is 237 Å². The Morgan fingerprint density at radius 2 is 1.97 bits per heavy atom. The van der Waals surface area contributed by atoms with Gasteiger partial charge in [-0.2, -0.15) is 5.10 Å². The number of amides is 1. The molecule has 2 fully saturated rings. The minimum atomic E-state index is -0.121. The van der Waals surface area contributed by atoms with Gasteiger partial charge in [0.15, 0.2) is 5.65 Å². The van der Waals surface area contributed by atoms with E-state index in [0.717, 1.165) is 73.0 Å². The molecule has 1 amide bonds. The number of halogens is 1. The third-order valence-corrected chi connectivity index (χ3v) is 8.25. The molecule has 202 valence electrons. The van der Waals surface area contributed by atoms with E-state index in [1.54, 1.807) is 24.5 Å². The minimum absolute atomic E-state index is 0.0353. The molecule has 4 aromatic rings. The maximum absolute atomic E-state index is 13.8. The number of likely N-dealkylation sites (tertiary alicyclic amines) is 1. The molecule has 2 atom stereocenters. The first kappa shape index (κ1) is 25.9. The first-order valence-electron chi connectivity index (χ1n) is 13.3. The Morgan fingerprint density at radius 3 is 2.79 bits per heavy atom. The van der Waals surface area contributed by atoms with Crippen molar-refractivity contribution in [3.63, 3.8) is 0 Å². The molecule has 0 radical (unpaired) electrons. The summed E-state index contributed by atoms with van der Waals surface area (Å²) in [6.45, 7) is 4.50. The van der Waals surface area contributed by atoms with Crippen LogP contribution in [0.1, 0.15) is 65.1 Å².